The molecule has 0 radical (unpaired) electrons. The molecule has 1 rings (SSSR count). The van der Waals surface area contributed by atoms with Gasteiger partial charge in [0.2, 0.25) is 5.91 Å². The molecule has 1 aliphatic rings. The molecule has 0 saturated carbocycles. The molecule has 0 aromatic rings. The molecule has 4 atom stereocenters. The van der Waals surface area contributed by atoms with Crippen LogP contribution >= 0.6 is 11.8 Å². The predicted molar refractivity (Wildman–Crippen MR) is 86.0 cm³/mol. The van der Waals surface area contributed by atoms with Gasteiger partial charge in [-0.3, -0.25) is 4.79 Å². The SMILES string of the molecule is CC(N)CCCC(C)C(=O)N1C(C(=O)O)CSC1C(C)C. The van der Waals surface area contributed by atoms with E-state index in [4.69, 9.17) is 5.73 Å². The highest BCUT2D eigenvalue weighted by Gasteiger charge is 2.43. The first-order valence-electron chi connectivity index (χ1n) is 7.67. The van der Waals surface area contributed by atoms with Gasteiger partial charge >= 0.3 is 5.97 Å². The molecule has 0 aromatic heterocycles. The van der Waals surface area contributed by atoms with Crippen LogP contribution in [-0.4, -0.2) is 45.1 Å². The molecule has 122 valence electrons. The minimum absolute atomic E-state index is 0.0317. The monoisotopic (exact) mass is 316 g/mol. The van der Waals surface area contributed by atoms with Crippen LogP contribution in [-0.2, 0) is 9.59 Å². The molecular weight excluding hydrogens is 288 g/mol. The van der Waals surface area contributed by atoms with Crippen LogP contribution in [0.2, 0.25) is 0 Å². The molecule has 1 amide bonds. The van der Waals surface area contributed by atoms with Crippen LogP contribution in [0, 0.1) is 11.8 Å². The summed E-state index contributed by atoms with van der Waals surface area (Å²) in [7, 11) is 0. The van der Waals surface area contributed by atoms with E-state index in [1.165, 1.54) is 0 Å². The van der Waals surface area contributed by atoms with Gasteiger partial charge in [0, 0.05) is 17.7 Å². The van der Waals surface area contributed by atoms with Gasteiger partial charge in [-0.05, 0) is 25.7 Å². The van der Waals surface area contributed by atoms with E-state index in [1.807, 2.05) is 27.7 Å². The number of carbonyl (C=O) groups is 2. The summed E-state index contributed by atoms with van der Waals surface area (Å²) in [4.78, 5) is 25.7. The first-order chi connectivity index (χ1) is 9.75. The van der Waals surface area contributed by atoms with Crippen molar-refractivity contribution in [2.24, 2.45) is 17.6 Å². The molecule has 6 heteroatoms. The molecule has 1 fully saturated rings. The van der Waals surface area contributed by atoms with Crippen molar-refractivity contribution < 1.29 is 14.7 Å². The fourth-order valence-electron chi connectivity index (χ4n) is 2.63. The van der Waals surface area contributed by atoms with E-state index in [0.717, 1.165) is 19.3 Å². The van der Waals surface area contributed by atoms with Gasteiger partial charge in [0.25, 0.3) is 0 Å². The van der Waals surface area contributed by atoms with Crippen LogP contribution in [0.5, 0.6) is 0 Å². The Morgan fingerprint density at radius 2 is 1.90 bits per heavy atom. The Morgan fingerprint density at radius 1 is 1.29 bits per heavy atom. The number of carboxylic acids is 1. The van der Waals surface area contributed by atoms with Gasteiger partial charge in [0.15, 0.2) is 0 Å². The topological polar surface area (TPSA) is 83.6 Å². The van der Waals surface area contributed by atoms with E-state index in [0.29, 0.717) is 5.75 Å². The molecule has 1 heterocycles. The maximum atomic E-state index is 12.7. The lowest BCUT2D eigenvalue weighted by molar-refractivity contribution is -0.151. The Kier molecular flexibility index (Phi) is 7.00. The number of aliphatic carboxylic acids is 1. The van der Waals surface area contributed by atoms with Crippen molar-refractivity contribution in [2.45, 2.75) is 64.4 Å². The number of nitrogens with two attached hydrogens (primary N) is 1. The third kappa shape index (κ3) is 4.88. The first kappa shape index (κ1) is 18.3. The fraction of sp³-hybridized carbons (Fsp3) is 0.867. The maximum Gasteiger partial charge on any atom is 0.327 e. The summed E-state index contributed by atoms with van der Waals surface area (Å²) in [5.74, 6) is -0.348. The zero-order valence-corrected chi connectivity index (χ0v) is 14.2. The Labute approximate surface area is 131 Å². The number of rotatable bonds is 7. The standard InChI is InChI=1S/C15H28N2O3S/c1-9(2)14-17(12(8-21-14)15(19)20)13(18)10(3)6-5-7-11(4)16/h9-12,14H,5-8,16H2,1-4H3,(H,19,20). The normalized spacial score (nSPS) is 25.1. The summed E-state index contributed by atoms with van der Waals surface area (Å²) in [5.41, 5.74) is 5.72. The average molecular weight is 316 g/mol. The van der Waals surface area contributed by atoms with E-state index in [1.54, 1.807) is 16.7 Å². The number of thioether (sulfide) groups is 1. The van der Waals surface area contributed by atoms with Crippen molar-refractivity contribution in [3.05, 3.63) is 0 Å². The summed E-state index contributed by atoms with van der Waals surface area (Å²) in [6, 6.07) is -0.546. The lowest BCUT2D eigenvalue weighted by atomic mass is 9.99. The highest BCUT2D eigenvalue weighted by Crippen LogP contribution is 2.35. The van der Waals surface area contributed by atoms with Crippen LogP contribution in [0.4, 0.5) is 0 Å². The minimum Gasteiger partial charge on any atom is -0.480 e. The zero-order chi connectivity index (χ0) is 16.2. The van der Waals surface area contributed by atoms with Gasteiger partial charge in [0.05, 0.1) is 5.37 Å². The number of nitrogens with zero attached hydrogens (tertiary/aromatic N) is 1. The second-order valence-electron chi connectivity index (χ2n) is 6.38. The highest BCUT2D eigenvalue weighted by molar-refractivity contribution is 8.00. The first-order valence-corrected chi connectivity index (χ1v) is 8.72. The van der Waals surface area contributed by atoms with Crippen LogP contribution in [0.15, 0.2) is 0 Å². The lowest BCUT2D eigenvalue weighted by Crippen LogP contribution is -2.49. The van der Waals surface area contributed by atoms with E-state index in [-0.39, 0.29) is 29.2 Å². The third-order valence-corrected chi connectivity index (χ3v) is 5.48. The Bertz CT molecular complexity index is 374. The summed E-state index contributed by atoms with van der Waals surface area (Å²) < 4.78 is 0. The third-order valence-electron chi connectivity index (χ3n) is 3.86. The second kappa shape index (κ2) is 8.03. The molecule has 3 N–H and O–H groups in total. The molecule has 0 spiro atoms. The molecule has 0 bridgehead atoms. The van der Waals surface area contributed by atoms with Gasteiger partial charge in [-0.2, -0.15) is 0 Å². The fourth-order valence-corrected chi connectivity index (χ4v) is 4.11. The van der Waals surface area contributed by atoms with E-state index in [2.05, 4.69) is 0 Å². The van der Waals surface area contributed by atoms with Gasteiger partial charge in [-0.1, -0.05) is 27.2 Å². The quantitative estimate of drug-likeness (QED) is 0.752. The van der Waals surface area contributed by atoms with Gasteiger partial charge in [0.1, 0.15) is 6.04 Å². The summed E-state index contributed by atoms with van der Waals surface area (Å²) in [5, 5.41) is 9.31. The molecular formula is C15H28N2O3S. The van der Waals surface area contributed by atoms with Crippen LogP contribution < -0.4 is 5.73 Å². The zero-order valence-electron chi connectivity index (χ0n) is 13.4. The number of carbonyl (C=O) groups excluding carboxylic acids is 1. The number of carboxylic acid groups (broad SMARTS) is 1. The van der Waals surface area contributed by atoms with E-state index < -0.39 is 12.0 Å². The highest BCUT2D eigenvalue weighted by atomic mass is 32.2. The molecule has 0 aliphatic carbocycles. The van der Waals surface area contributed by atoms with Crippen molar-refractivity contribution in [3.8, 4) is 0 Å². The lowest BCUT2D eigenvalue weighted by Gasteiger charge is -2.32. The summed E-state index contributed by atoms with van der Waals surface area (Å²) >= 11 is 1.57. The summed E-state index contributed by atoms with van der Waals surface area (Å²) in [6.07, 6.45) is 2.55. The predicted octanol–water partition coefficient (Wildman–Crippen LogP) is 2.15. The Hall–Kier alpha value is -0.750. The summed E-state index contributed by atoms with van der Waals surface area (Å²) in [6.45, 7) is 7.91. The van der Waals surface area contributed by atoms with Crippen molar-refractivity contribution in [2.75, 3.05) is 5.75 Å². The Balaban J connectivity index is 2.72. The molecule has 4 unspecified atom stereocenters. The van der Waals surface area contributed by atoms with Crippen LogP contribution in [0.1, 0.15) is 47.0 Å². The molecule has 5 nitrogen and oxygen atoms in total. The van der Waals surface area contributed by atoms with E-state index >= 15 is 0 Å². The van der Waals surface area contributed by atoms with Crippen LogP contribution in [0.25, 0.3) is 0 Å². The van der Waals surface area contributed by atoms with Crippen molar-refractivity contribution >= 4 is 23.6 Å². The largest absolute Gasteiger partial charge is 0.480 e. The number of amides is 1. The number of hydrogen-bond acceptors (Lipinski definition) is 4. The van der Waals surface area contributed by atoms with Crippen molar-refractivity contribution in [1.82, 2.24) is 4.90 Å². The van der Waals surface area contributed by atoms with Gasteiger partial charge < -0.3 is 15.7 Å². The van der Waals surface area contributed by atoms with Crippen molar-refractivity contribution in [1.29, 1.82) is 0 Å². The van der Waals surface area contributed by atoms with Gasteiger partial charge in [-0.25, -0.2) is 4.79 Å². The maximum absolute atomic E-state index is 12.7. The van der Waals surface area contributed by atoms with Crippen molar-refractivity contribution in [3.63, 3.8) is 0 Å². The number of hydrogen-bond donors (Lipinski definition) is 2. The molecule has 1 aliphatic heterocycles. The van der Waals surface area contributed by atoms with Gasteiger partial charge in [-0.15, -0.1) is 11.8 Å². The molecule has 21 heavy (non-hydrogen) atoms. The Morgan fingerprint density at radius 3 is 2.38 bits per heavy atom. The molecule has 1 saturated heterocycles. The molecule has 0 aromatic carbocycles. The average Bonchev–Trinajstić information content (AvgIpc) is 2.81. The smallest absolute Gasteiger partial charge is 0.327 e. The van der Waals surface area contributed by atoms with Crippen LogP contribution in [0.3, 0.4) is 0 Å². The second-order valence-corrected chi connectivity index (χ2v) is 7.53. The van der Waals surface area contributed by atoms with E-state index in [9.17, 15) is 14.7 Å². The minimum atomic E-state index is -0.901.